The van der Waals surface area contributed by atoms with Crippen LogP contribution in [0.1, 0.15) is 42.3 Å². The van der Waals surface area contributed by atoms with E-state index in [-0.39, 0.29) is 0 Å². The average molecular weight is 318 g/mol. The van der Waals surface area contributed by atoms with E-state index in [0.29, 0.717) is 11.4 Å². The number of Topliss-reactive ketones (excluding diaryl/α,β-unsaturated/α-hetero) is 1. The predicted molar refractivity (Wildman–Crippen MR) is 73.5 cm³/mol. The molecule has 1 heterocycles. The van der Waals surface area contributed by atoms with E-state index in [9.17, 15) is 9.59 Å². The van der Waals surface area contributed by atoms with Gasteiger partial charge in [-0.2, -0.15) is 0 Å². The maximum atomic E-state index is 11.7. The van der Waals surface area contributed by atoms with Gasteiger partial charge in [0.25, 0.3) is 11.7 Å². The van der Waals surface area contributed by atoms with Crippen molar-refractivity contribution >= 4 is 39.0 Å². The van der Waals surface area contributed by atoms with Crippen LogP contribution < -0.4 is 5.32 Å². The molecule has 0 aliphatic heterocycles. The number of nitrogens with one attached hydrogen (secondary N) is 1. The lowest BCUT2D eigenvalue weighted by Gasteiger charge is -2.02. The number of carbonyl (C=O) groups is 2. The Bertz CT molecular complexity index is 390. The molecule has 1 aromatic heterocycles. The summed E-state index contributed by atoms with van der Waals surface area (Å²) in [5, 5.41) is 2.65. The molecule has 1 N–H and O–H groups in total. The number of unbranched alkanes of at least 4 members (excludes halogenated alkanes) is 3. The maximum Gasteiger partial charge on any atom is 0.293 e. The van der Waals surface area contributed by atoms with E-state index in [4.69, 9.17) is 0 Å². The fourth-order valence-electron chi connectivity index (χ4n) is 1.38. The highest BCUT2D eigenvalue weighted by Gasteiger charge is 2.17. The van der Waals surface area contributed by atoms with Crippen LogP contribution in [0.25, 0.3) is 0 Å². The second-order valence-corrected chi connectivity index (χ2v) is 6.21. The third kappa shape index (κ3) is 5.00. The van der Waals surface area contributed by atoms with Gasteiger partial charge in [-0.3, -0.25) is 9.59 Å². The number of hydrogen-bond acceptors (Lipinski definition) is 3. The second-order valence-electron chi connectivity index (χ2n) is 3.75. The molecule has 3 nitrogen and oxygen atoms in total. The largest absolute Gasteiger partial charge is 0.349 e. The standard InChI is InChI=1S/C12H16BrNO2S/c1-2-3-4-5-8-14-12(16)11(15)9-6-7-10(13)17-9/h6-7H,2-5,8H2,1H3,(H,14,16). The lowest BCUT2D eigenvalue weighted by atomic mass is 10.2. The zero-order valence-electron chi connectivity index (χ0n) is 9.79. The van der Waals surface area contributed by atoms with E-state index in [1.807, 2.05) is 0 Å². The van der Waals surface area contributed by atoms with E-state index < -0.39 is 11.7 Å². The molecule has 1 aromatic rings. The number of amides is 1. The van der Waals surface area contributed by atoms with Gasteiger partial charge >= 0.3 is 0 Å². The van der Waals surface area contributed by atoms with Crippen molar-refractivity contribution in [3.63, 3.8) is 0 Å². The van der Waals surface area contributed by atoms with Crippen molar-refractivity contribution in [2.75, 3.05) is 6.54 Å². The fourth-order valence-corrected chi connectivity index (χ4v) is 2.71. The summed E-state index contributed by atoms with van der Waals surface area (Å²) in [6, 6.07) is 3.43. The zero-order chi connectivity index (χ0) is 12.7. The van der Waals surface area contributed by atoms with Crippen LogP contribution in [0, 0.1) is 0 Å². The van der Waals surface area contributed by atoms with Gasteiger partial charge in [0.15, 0.2) is 0 Å². The molecule has 0 fully saturated rings. The predicted octanol–water partition coefficient (Wildman–Crippen LogP) is 3.39. The van der Waals surface area contributed by atoms with Gasteiger partial charge in [0.1, 0.15) is 0 Å². The van der Waals surface area contributed by atoms with E-state index in [1.165, 1.54) is 17.8 Å². The van der Waals surface area contributed by atoms with Gasteiger partial charge < -0.3 is 5.32 Å². The number of thiophene rings is 1. The first-order valence-electron chi connectivity index (χ1n) is 5.73. The van der Waals surface area contributed by atoms with Gasteiger partial charge in [-0.05, 0) is 34.5 Å². The van der Waals surface area contributed by atoms with Gasteiger partial charge in [-0.15, -0.1) is 11.3 Å². The zero-order valence-corrected chi connectivity index (χ0v) is 12.2. The summed E-state index contributed by atoms with van der Waals surface area (Å²) >= 11 is 4.54. The van der Waals surface area contributed by atoms with E-state index in [2.05, 4.69) is 28.2 Å². The summed E-state index contributed by atoms with van der Waals surface area (Å²) in [4.78, 5) is 23.6. The summed E-state index contributed by atoms with van der Waals surface area (Å²) in [6.07, 6.45) is 4.36. The molecular formula is C12H16BrNO2S. The first kappa shape index (κ1) is 14.4. The Morgan fingerprint density at radius 2 is 2.06 bits per heavy atom. The van der Waals surface area contributed by atoms with Crippen LogP contribution in [-0.4, -0.2) is 18.2 Å². The minimum absolute atomic E-state index is 0.448. The molecule has 5 heteroatoms. The summed E-state index contributed by atoms with van der Waals surface area (Å²) in [5.74, 6) is -0.952. The molecule has 0 unspecified atom stereocenters. The minimum Gasteiger partial charge on any atom is -0.349 e. The third-order valence-electron chi connectivity index (χ3n) is 2.32. The van der Waals surface area contributed by atoms with Gasteiger partial charge in [-0.1, -0.05) is 26.2 Å². The van der Waals surface area contributed by atoms with Crippen molar-refractivity contribution in [2.24, 2.45) is 0 Å². The number of rotatable bonds is 7. The van der Waals surface area contributed by atoms with Crippen molar-refractivity contribution in [1.82, 2.24) is 5.32 Å². The Balaban J connectivity index is 2.30. The molecule has 0 saturated heterocycles. The Hall–Kier alpha value is -0.680. The molecule has 1 amide bonds. The van der Waals surface area contributed by atoms with Crippen molar-refractivity contribution in [3.8, 4) is 0 Å². The topological polar surface area (TPSA) is 46.2 Å². The summed E-state index contributed by atoms with van der Waals surface area (Å²) < 4.78 is 0.858. The van der Waals surface area contributed by atoms with Crippen molar-refractivity contribution in [1.29, 1.82) is 0 Å². The SMILES string of the molecule is CCCCCCNC(=O)C(=O)c1ccc(Br)s1. The maximum absolute atomic E-state index is 11.7. The lowest BCUT2D eigenvalue weighted by Crippen LogP contribution is -2.31. The van der Waals surface area contributed by atoms with E-state index >= 15 is 0 Å². The normalized spacial score (nSPS) is 10.2. The lowest BCUT2D eigenvalue weighted by molar-refractivity contribution is -0.116. The highest BCUT2D eigenvalue weighted by Crippen LogP contribution is 2.22. The molecule has 94 valence electrons. The summed E-state index contributed by atoms with van der Waals surface area (Å²) in [7, 11) is 0. The molecule has 1 rings (SSSR count). The Morgan fingerprint density at radius 1 is 1.29 bits per heavy atom. The first-order valence-corrected chi connectivity index (χ1v) is 7.34. The molecule has 0 spiro atoms. The molecule has 0 aromatic carbocycles. The summed E-state index contributed by atoms with van der Waals surface area (Å²) in [6.45, 7) is 2.72. The van der Waals surface area contributed by atoms with Crippen LogP contribution in [0.3, 0.4) is 0 Å². The quantitative estimate of drug-likeness (QED) is 0.476. The number of hydrogen-bond donors (Lipinski definition) is 1. The molecule has 0 saturated carbocycles. The van der Waals surface area contributed by atoms with Crippen LogP contribution in [-0.2, 0) is 4.79 Å². The van der Waals surface area contributed by atoms with Crippen LogP contribution in [0.5, 0.6) is 0 Å². The van der Waals surface area contributed by atoms with Crippen molar-refractivity contribution in [3.05, 3.63) is 20.8 Å². The fraction of sp³-hybridized carbons (Fsp3) is 0.500. The number of halogens is 1. The van der Waals surface area contributed by atoms with Gasteiger partial charge in [-0.25, -0.2) is 0 Å². The third-order valence-corrected chi connectivity index (χ3v) is 3.94. The molecule has 0 aliphatic rings. The molecular weight excluding hydrogens is 302 g/mol. The van der Waals surface area contributed by atoms with E-state index in [1.54, 1.807) is 12.1 Å². The monoisotopic (exact) mass is 317 g/mol. The van der Waals surface area contributed by atoms with Gasteiger partial charge in [0.2, 0.25) is 0 Å². The smallest absolute Gasteiger partial charge is 0.293 e. The number of carbonyl (C=O) groups excluding carboxylic acids is 2. The van der Waals surface area contributed by atoms with Crippen LogP contribution in [0.2, 0.25) is 0 Å². The highest BCUT2D eigenvalue weighted by atomic mass is 79.9. The molecule has 0 aliphatic carbocycles. The highest BCUT2D eigenvalue weighted by molar-refractivity contribution is 9.11. The number of ketones is 1. The van der Waals surface area contributed by atoms with Crippen LogP contribution in [0.4, 0.5) is 0 Å². The summed E-state index contributed by atoms with van der Waals surface area (Å²) in [5.41, 5.74) is 0. The first-order chi connectivity index (χ1) is 8.15. The van der Waals surface area contributed by atoms with Gasteiger partial charge in [0.05, 0.1) is 8.66 Å². The molecule has 0 atom stereocenters. The Kier molecular flexibility index (Phi) is 6.44. The van der Waals surface area contributed by atoms with Crippen molar-refractivity contribution < 1.29 is 9.59 Å². The second kappa shape index (κ2) is 7.61. The van der Waals surface area contributed by atoms with E-state index in [0.717, 1.165) is 23.0 Å². The Labute approximate surface area is 114 Å². The molecule has 17 heavy (non-hydrogen) atoms. The Morgan fingerprint density at radius 3 is 2.65 bits per heavy atom. The molecule has 0 bridgehead atoms. The van der Waals surface area contributed by atoms with Crippen molar-refractivity contribution in [2.45, 2.75) is 32.6 Å². The minimum atomic E-state index is -0.504. The average Bonchev–Trinajstić information content (AvgIpc) is 2.74. The van der Waals surface area contributed by atoms with Crippen LogP contribution in [0.15, 0.2) is 15.9 Å². The molecule has 0 radical (unpaired) electrons. The van der Waals surface area contributed by atoms with Crippen LogP contribution >= 0.6 is 27.3 Å². The van der Waals surface area contributed by atoms with Gasteiger partial charge in [0, 0.05) is 6.54 Å².